The van der Waals surface area contributed by atoms with Crippen LogP contribution in [-0.4, -0.2) is 49.7 Å². The molecule has 0 aliphatic carbocycles. The summed E-state index contributed by atoms with van der Waals surface area (Å²) in [5.74, 6) is 0. The molecule has 1 aliphatic rings. The molecule has 1 aromatic heterocycles. The molecule has 8 heteroatoms. The number of aromatic amines is 1. The Hall–Kier alpha value is -3.55. The number of para-hydroxylation sites is 2. The lowest BCUT2D eigenvalue weighted by Gasteiger charge is -2.39. The maximum atomic E-state index is 12.8. The number of rotatable bonds is 8. The van der Waals surface area contributed by atoms with Gasteiger partial charge in [0.05, 0.1) is 11.0 Å². The smallest absolute Gasteiger partial charge is 0.407 e. The Labute approximate surface area is 220 Å². The quantitative estimate of drug-likeness (QED) is 0.311. The topological polar surface area (TPSA) is 81.6 Å². The second kappa shape index (κ2) is 11.2. The highest BCUT2D eigenvalue weighted by Crippen LogP contribution is 2.30. The van der Waals surface area contributed by atoms with Crippen LogP contribution in [0.4, 0.5) is 4.79 Å². The molecule has 2 unspecified atom stereocenters. The zero-order valence-electron chi connectivity index (χ0n) is 20.6. The van der Waals surface area contributed by atoms with Crippen molar-refractivity contribution in [3.8, 4) is 0 Å². The van der Waals surface area contributed by atoms with Crippen LogP contribution in [0.25, 0.3) is 11.0 Å². The normalized spacial score (nSPS) is 17.9. The molecule has 5 rings (SSSR count). The third-order valence-electron chi connectivity index (χ3n) is 7.27. The first-order valence-corrected chi connectivity index (χ1v) is 13.1. The fourth-order valence-corrected chi connectivity index (χ4v) is 5.59. The van der Waals surface area contributed by atoms with Gasteiger partial charge in [0.2, 0.25) is 0 Å². The van der Waals surface area contributed by atoms with Gasteiger partial charge in [-0.2, -0.15) is 0 Å². The van der Waals surface area contributed by atoms with Crippen molar-refractivity contribution >= 4 is 28.7 Å². The minimum atomic E-state index is -0.901. The Morgan fingerprint density at radius 3 is 2.38 bits per heavy atom. The van der Waals surface area contributed by atoms with Gasteiger partial charge in [0.25, 0.3) is 0 Å². The molecule has 37 heavy (non-hydrogen) atoms. The van der Waals surface area contributed by atoms with E-state index in [4.69, 9.17) is 11.6 Å². The van der Waals surface area contributed by atoms with Crippen molar-refractivity contribution in [2.45, 2.75) is 44.4 Å². The number of aromatic nitrogens is 2. The molecule has 0 radical (unpaired) electrons. The first-order valence-electron chi connectivity index (χ1n) is 12.7. The van der Waals surface area contributed by atoms with Crippen molar-refractivity contribution < 1.29 is 9.90 Å². The molecular formula is C29H31ClN4O3. The molecule has 2 heterocycles. The van der Waals surface area contributed by atoms with Gasteiger partial charge in [-0.15, -0.1) is 0 Å². The van der Waals surface area contributed by atoms with Crippen molar-refractivity contribution in [3.63, 3.8) is 0 Å². The van der Waals surface area contributed by atoms with E-state index in [9.17, 15) is 14.7 Å². The van der Waals surface area contributed by atoms with Crippen LogP contribution in [0.1, 0.15) is 36.4 Å². The number of hydrogen-bond donors (Lipinski definition) is 2. The summed E-state index contributed by atoms with van der Waals surface area (Å²) in [4.78, 5) is 31.8. The number of carbonyl (C=O) groups is 1. The SMILES string of the molecule is O=C(O)N1CCC(n2c(=O)[nH]c3ccccc32)CC1CCN(Cc1ccccc1)Cc1ccc(Cl)cc1. The maximum Gasteiger partial charge on any atom is 0.407 e. The van der Waals surface area contributed by atoms with Gasteiger partial charge in [0, 0.05) is 43.3 Å². The number of hydrogen-bond acceptors (Lipinski definition) is 3. The van der Waals surface area contributed by atoms with Crippen molar-refractivity contribution in [2.75, 3.05) is 13.1 Å². The van der Waals surface area contributed by atoms with Crippen LogP contribution in [-0.2, 0) is 13.1 Å². The lowest BCUT2D eigenvalue weighted by atomic mass is 9.94. The fourth-order valence-electron chi connectivity index (χ4n) is 5.46. The Bertz CT molecular complexity index is 1400. The maximum absolute atomic E-state index is 12.8. The molecule has 4 aromatic rings. The lowest BCUT2D eigenvalue weighted by Crippen LogP contribution is -2.48. The Balaban J connectivity index is 1.35. The number of imidazole rings is 1. The molecule has 192 valence electrons. The van der Waals surface area contributed by atoms with Gasteiger partial charge in [-0.25, -0.2) is 9.59 Å². The summed E-state index contributed by atoms with van der Waals surface area (Å²) in [6, 6.07) is 25.6. The van der Waals surface area contributed by atoms with Gasteiger partial charge in [-0.3, -0.25) is 9.47 Å². The van der Waals surface area contributed by atoms with Crippen molar-refractivity contribution in [2.24, 2.45) is 0 Å². The van der Waals surface area contributed by atoms with Gasteiger partial charge >= 0.3 is 11.8 Å². The molecule has 0 bridgehead atoms. The molecular weight excluding hydrogens is 488 g/mol. The highest BCUT2D eigenvalue weighted by Gasteiger charge is 2.33. The second-order valence-electron chi connectivity index (χ2n) is 9.74. The highest BCUT2D eigenvalue weighted by molar-refractivity contribution is 6.30. The molecule has 0 spiro atoms. The van der Waals surface area contributed by atoms with Crippen LogP contribution in [0.15, 0.2) is 83.7 Å². The predicted molar refractivity (Wildman–Crippen MR) is 146 cm³/mol. The largest absolute Gasteiger partial charge is 0.465 e. The summed E-state index contributed by atoms with van der Waals surface area (Å²) in [6.07, 6.45) is 0.999. The van der Waals surface area contributed by atoms with E-state index in [0.29, 0.717) is 30.8 Å². The lowest BCUT2D eigenvalue weighted by molar-refractivity contribution is 0.0812. The van der Waals surface area contributed by atoms with E-state index in [-0.39, 0.29) is 17.8 Å². The molecule has 1 aliphatic heterocycles. The van der Waals surface area contributed by atoms with E-state index in [1.807, 2.05) is 71.3 Å². The molecule has 7 nitrogen and oxygen atoms in total. The first-order chi connectivity index (χ1) is 18.0. The molecule has 0 saturated carbocycles. The zero-order chi connectivity index (χ0) is 25.8. The Morgan fingerprint density at radius 1 is 0.973 bits per heavy atom. The number of likely N-dealkylation sites (tertiary alicyclic amines) is 1. The summed E-state index contributed by atoms with van der Waals surface area (Å²) in [6.45, 7) is 2.62. The molecule has 2 atom stereocenters. The van der Waals surface area contributed by atoms with E-state index >= 15 is 0 Å². The van der Waals surface area contributed by atoms with Crippen LogP contribution in [0.5, 0.6) is 0 Å². The Morgan fingerprint density at radius 2 is 1.65 bits per heavy atom. The van der Waals surface area contributed by atoms with Crippen LogP contribution in [0.2, 0.25) is 5.02 Å². The van der Waals surface area contributed by atoms with Crippen molar-refractivity contribution in [1.29, 1.82) is 0 Å². The van der Waals surface area contributed by atoms with Crippen molar-refractivity contribution in [1.82, 2.24) is 19.4 Å². The van der Waals surface area contributed by atoms with Crippen LogP contribution in [0.3, 0.4) is 0 Å². The van der Waals surface area contributed by atoms with Crippen molar-refractivity contribution in [3.05, 3.63) is 105 Å². The van der Waals surface area contributed by atoms with Gasteiger partial charge in [-0.1, -0.05) is 66.2 Å². The number of nitrogens with zero attached hydrogens (tertiary/aromatic N) is 3. The van der Waals surface area contributed by atoms with Gasteiger partial charge < -0.3 is 15.0 Å². The number of carboxylic acid groups (broad SMARTS) is 1. The Kier molecular flexibility index (Phi) is 7.63. The molecule has 1 amide bonds. The summed E-state index contributed by atoms with van der Waals surface area (Å²) in [5.41, 5.74) is 3.90. The summed E-state index contributed by atoms with van der Waals surface area (Å²) in [7, 11) is 0. The average molecular weight is 519 g/mol. The number of nitrogens with one attached hydrogen (secondary N) is 1. The third kappa shape index (κ3) is 5.89. The van der Waals surface area contributed by atoms with E-state index in [0.717, 1.165) is 36.2 Å². The van der Waals surface area contributed by atoms with Gasteiger partial charge in [0.15, 0.2) is 0 Å². The summed E-state index contributed by atoms with van der Waals surface area (Å²) < 4.78 is 1.82. The van der Waals surface area contributed by atoms with Gasteiger partial charge in [-0.05, 0) is 54.7 Å². The van der Waals surface area contributed by atoms with Crippen LogP contribution >= 0.6 is 11.6 Å². The zero-order valence-corrected chi connectivity index (χ0v) is 21.3. The van der Waals surface area contributed by atoms with Crippen LogP contribution < -0.4 is 5.69 Å². The highest BCUT2D eigenvalue weighted by atomic mass is 35.5. The predicted octanol–water partition coefficient (Wildman–Crippen LogP) is 5.76. The van der Waals surface area contributed by atoms with E-state index in [2.05, 4.69) is 22.0 Å². The van der Waals surface area contributed by atoms with E-state index in [1.54, 1.807) is 4.90 Å². The molecule has 3 aromatic carbocycles. The van der Waals surface area contributed by atoms with Crippen LogP contribution in [0, 0.1) is 0 Å². The molecule has 1 fully saturated rings. The monoisotopic (exact) mass is 518 g/mol. The molecule has 1 saturated heterocycles. The standard InChI is InChI=1S/C29H31ClN4O3/c30-23-12-10-22(11-13-23)20-32(19-21-6-2-1-3-7-21)16-14-24-18-25(15-17-33(24)29(36)37)34-27-9-5-4-8-26(27)31-28(34)35/h1-13,24-25H,14-20H2,(H,31,35)(H,36,37). The van der Waals surface area contributed by atoms with Gasteiger partial charge in [0.1, 0.15) is 0 Å². The number of fused-ring (bicyclic) bond motifs is 1. The average Bonchev–Trinajstić information content (AvgIpc) is 3.24. The number of benzene rings is 3. The number of amides is 1. The minimum absolute atomic E-state index is 0.0527. The number of H-pyrrole nitrogens is 1. The fraction of sp³-hybridized carbons (Fsp3) is 0.310. The summed E-state index contributed by atoms with van der Waals surface area (Å²) >= 11 is 6.09. The first kappa shape index (κ1) is 25.1. The number of piperidine rings is 1. The van der Waals surface area contributed by atoms with E-state index in [1.165, 1.54) is 5.56 Å². The molecule has 2 N–H and O–H groups in total. The third-order valence-corrected chi connectivity index (χ3v) is 7.52. The number of halogens is 1. The summed E-state index contributed by atoms with van der Waals surface area (Å²) in [5, 5.41) is 10.6. The minimum Gasteiger partial charge on any atom is -0.465 e. The van der Waals surface area contributed by atoms with E-state index < -0.39 is 6.09 Å². The second-order valence-corrected chi connectivity index (χ2v) is 10.2.